The van der Waals surface area contributed by atoms with Gasteiger partial charge in [-0.15, -0.1) is 0 Å². The van der Waals surface area contributed by atoms with Crippen molar-refractivity contribution < 1.29 is 4.74 Å². The molecule has 1 aromatic rings. The third-order valence-electron chi connectivity index (χ3n) is 2.56. The van der Waals surface area contributed by atoms with Crippen LogP contribution in [0.3, 0.4) is 0 Å². The van der Waals surface area contributed by atoms with Gasteiger partial charge in [0, 0.05) is 4.90 Å². The molecule has 0 radical (unpaired) electrons. The summed E-state index contributed by atoms with van der Waals surface area (Å²) in [6.45, 7) is 0.803. The zero-order valence-electron chi connectivity index (χ0n) is 10.1. The van der Waals surface area contributed by atoms with Crippen molar-refractivity contribution in [2.24, 2.45) is 11.5 Å². The Morgan fingerprint density at radius 2 is 2.33 bits per heavy atom. The molecule has 0 bridgehead atoms. The van der Waals surface area contributed by atoms with Crippen LogP contribution in [0.15, 0.2) is 47.3 Å². The van der Waals surface area contributed by atoms with E-state index in [2.05, 4.69) is 16.9 Å². The summed E-state index contributed by atoms with van der Waals surface area (Å²) in [7, 11) is 0. The van der Waals surface area contributed by atoms with Crippen molar-refractivity contribution in [1.82, 2.24) is 4.72 Å². The minimum Gasteiger partial charge on any atom is -0.493 e. The maximum atomic E-state index is 5.74. The number of hydrogen-bond donors (Lipinski definition) is 3. The molecule has 0 saturated carbocycles. The smallest absolute Gasteiger partial charge is 0.123 e. The largest absolute Gasteiger partial charge is 0.493 e. The van der Waals surface area contributed by atoms with E-state index in [0.29, 0.717) is 5.82 Å². The van der Waals surface area contributed by atoms with Gasteiger partial charge < -0.3 is 20.9 Å². The van der Waals surface area contributed by atoms with E-state index < -0.39 is 0 Å². The van der Waals surface area contributed by atoms with Gasteiger partial charge in [0.1, 0.15) is 11.6 Å². The highest BCUT2D eigenvalue weighted by Gasteiger charge is 2.10. The quantitative estimate of drug-likeness (QED) is 0.571. The molecule has 5 heteroatoms. The normalized spacial score (nSPS) is 15.2. The molecule has 1 aliphatic rings. The fraction of sp³-hybridized carbons (Fsp3) is 0.231. The standard InChI is InChI=1S/C13H17N3OS/c14-7-1-4-13(15)16-18-11-6-5-10-3-2-8-17-12(10)9-11/h1,4-7,9,16H,2-3,8,14-15H2/b7-1-,13-4+. The molecule has 2 rings (SSSR count). The van der Waals surface area contributed by atoms with Crippen LogP contribution in [0.5, 0.6) is 5.75 Å². The van der Waals surface area contributed by atoms with Crippen molar-refractivity contribution in [3.8, 4) is 5.75 Å². The predicted molar refractivity (Wildman–Crippen MR) is 74.8 cm³/mol. The first-order valence-electron chi connectivity index (χ1n) is 5.82. The van der Waals surface area contributed by atoms with Gasteiger partial charge in [-0.3, -0.25) is 0 Å². The van der Waals surface area contributed by atoms with E-state index in [9.17, 15) is 0 Å². The Morgan fingerprint density at radius 1 is 1.44 bits per heavy atom. The zero-order valence-corrected chi connectivity index (χ0v) is 10.9. The minimum atomic E-state index is 0.556. The molecular weight excluding hydrogens is 246 g/mol. The van der Waals surface area contributed by atoms with E-state index in [0.717, 1.165) is 30.1 Å². The van der Waals surface area contributed by atoms with Crippen molar-refractivity contribution in [2.45, 2.75) is 17.7 Å². The molecular formula is C13H17N3OS. The summed E-state index contributed by atoms with van der Waals surface area (Å²) in [6.07, 6.45) is 7.02. The van der Waals surface area contributed by atoms with Gasteiger partial charge in [-0.2, -0.15) is 0 Å². The van der Waals surface area contributed by atoms with Crippen LogP contribution in [0.2, 0.25) is 0 Å². The molecule has 0 aromatic heterocycles. The Morgan fingerprint density at radius 3 is 3.17 bits per heavy atom. The molecule has 4 nitrogen and oxygen atoms in total. The Bertz CT molecular complexity index is 471. The van der Waals surface area contributed by atoms with Gasteiger partial charge in [-0.1, -0.05) is 6.07 Å². The van der Waals surface area contributed by atoms with Crippen LogP contribution in [0, 0.1) is 0 Å². The van der Waals surface area contributed by atoms with Gasteiger partial charge in [-0.25, -0.2) is 0 Å². The second-order valence-electron chi connectivity index (χ2n) is 3.93. The maximum absolute atomic E-state index is 5.74. The topological polar surface area (TPSA) is 73.3 Å². The third kappa shape index (κ3) is 3.37. The maximum Gasteiger partial charge on any atom is 0.123 e. The van der Waals surface area contributed by atoms with Crippen LogP contribution in [0.1, 0.15) is 12.0 Å². The summed E-state index contributed by atoms with van der Waals surface area (Å²) in [5.41, 5.74) is 12.2. The number of benzene rings is 1. The van der Waals surface area contributed by atoms with Crippen LogP contribution in [0.4, 0.5) is 0 Å². The number of aryl methyl sites for hydroxylation is 1. The number of rotatable bonds is 4. The van der Waals surface area contributed by atoms with Gasteiger partial charge in [-0.05, 0) is 60.8 Å². The van der Waals surface area contributed by atoms with Crippen LogP contribution < -0.4 is 20.9 Å². The van der Waals surface area contributed by atoms with E-state index in [4.69, 9.17) is 16.2 Å². The first-order valence-corrected chi connectivity index (χ1v) is 6.64. The molecule has 1 heterocycles. The summed E-state index contributed by atoms with van der Waals surface area (Å²) in [4.78, 5) is 1.07. The van der Waals surface area contributed by atoms with E-state index in [1.54, 1.807) is 12.2 Å². The number of hydrogen-bond acceptors (Lipinski definition) is 5. The number of fused-ring (bicyclic) bond motifs is 1. The number of nitrogens with one attached hydrogen (secondary N) is 1. The Balaban J connectivity index is 1.98. The summed E-state index contributed by atoms with van der Waals surface area (Å²) in [6, 6.07) is 6.22. The molecule has 0 atom stereocenters. The predicted octanol–water partition coefficient (Wildman–Crippen LogP) is 1.88. The van der Waals surface area contributed by atoms with Crippen molar-refractivity contribution in [2.75, 3.05) is 6.61 Å². The second-order valence-corrected chi connectivity index (χ2v) is 4.81. The fourth-order valence-corrected chi connectivity index (χ4v) is 2.30. The summed E-state index contributed by atoms with van der Waals surface area (Å²) in [5, 5.41) is 0. The van der Waals surface area contributed by atoms with Crippen molar-refractivity contribution in [3.63, 3.8) is 0 Å². The highest BCUT2D eigenvalue weighted by atomic mass is 32.2. The lowest BCUT2D eigenvalue weighted by molar-refractivity contribution is 0.287. The summed E-state index contributed by atoms with van der Waals surface area (Å²) >= 11 is 1.45. The molecule has 5 N–H and O–H groups in total. The van der Waals surface area contributed by atoms with Gasteiger partial charge in [0.2, 0.25) is 0 Å². The molecule has 96 valence electrons. The lowest BCUT2D eigenvalue weighted by Crippen LogP contribution is -2.12. The zero-order chi connectivity index (χ0) is 12.8. The van der Waals surface area contributed by atoms with E-state index >= 15 is 0 Å². The molecule has 0 aliphatic carbocycles. The molecule has 0 fully saturated rings. The molecule has 1 aliphatic heterocycles. The molecule has 18 heavy (non-hydrogen) atoms. The first kappa shape index (κ1) is 12.7. The van der Waals surface area contributed by atoms with Crippen LogP contribution in [-0.2, 0) is 6.42 Å². The van der Waals surface area contributed by atoms with Crippen LogP contribution in [0.25, 0.3) is 0 Å². The van der Waals surface area contributed by atoms with Gasteiger partial charge >= 0.3 is 0 Å². The average molecular weight is 263 g/mol. The Kier molecular flexibility index (Phi) is 4.41. The molecule has 0 saturated heterocycles. The van der Waals surface area contributed by atoms with Crippen molar-refractivity contribution in [3.05, 3.63) is 47.9 Å². The number of nitrogens with two attached hydrogens (primary N) is 2. The first-order chi connectivity index (χ1) is 8.79. The second kappa shape index (κ2) is 6.26. The molecule has 1 aromatic carbocycles. The highest BCUT2D eigenvalue weighted by Crippen LogP contribution is 2.29. The van der Waals surface area contributed by atoms with E-state index in [-0.39, 0.29) is 0 Å². The summed E-state index contributed by atoms with van der Waals surface area (Å²) in [5.74, 6) is 1.54. The van der Waals surface area contributed by atoms with E-state index in [1.807, 2.05) is 6.07 Å². The Labute approximate surface area is 111 Å². The van der Waals surface area contributed by atoms with Gasteiger partial charge in [0.15, 0.2) is 0 Å². The third-order valence-corrected chi connectivity index (χ3v) is 3.39. The number of allylic oxidation sites excluding steroid dienone is 2. The SMILES string of the molecule is N/C=C\C=C(/N)NSc1ccc2c(c1)OCCC2. The molecule has 0 amide bonds. The fourth-order valence-electron chi connectivity index (χ4n) is 1.70. The van der Waals surface area contributed by atoms with Crippen molar-refractivity contribution >= 4 is 11.9 Å². The van der Waals surface area contributed by atoms with Gasteiger partial charge in [0.05, 0.1) is 6.61 Å². The molecule has 0 spiro atoms. The highest BCUT2D eigenvalue weighted by molar-refractivity contribution is 7.97. The summed E-state index contributed by atoms with van der Waals surface area (Å²) < 4.78 is 8.65. The average Bonchev–Trinajstić information content (AvgIpc) is 2.42. The molecule has 0 unspecified atom stereocenters. The monoisotopic (exact) mass is 263 g/mol. The lowest BCUT2D eigenvalue weighted by Gasteiger charge is -2.17. The van der Waals surface area contributed by atoms with Crippen LogP contribution >= 0.6 is 11.9 Å². The lowest BCUT2D eigenvalue weighted by atomic mass is 10.1. The Hall–Kier alpha value is -1.75. The van der Waals surface area contributed by atoms with E-state index in [1.165, 1.54) is 23.7 Å². The number of ether oxygens (including phenoxy) is 1. The van der Waals surface area contributed by atoms with Crippen molar-refractivity contribution in [1.29, 1.82) is 0 Å². The van der Waals surface area contributed by atoms with Crippen LogP contribution in [-0.4, -0.2) is 6.61 Å². The minimum absolute atomic E-state index is 0.556. The van der Waals surface area contributed by atoms with Gasteiger partial charge in [0.25, 0.3) is 0 Å².